The average molecular weight is 278 g/mol. The van der Waals surface area contributed by atoms with Gasteiger partial charge in [0.25, 0.3) is 0 Å². The largest absolute Gasteiger partial charge is 0.481 e. The number of amides is 2. The molecule has 2 rings (SSSR count). The summed E-state index contributed by atoms with van der Waals surface area (Å²) >= 11 is 0. The number of hydrogen-bond donors (Lipinski definition) is 2. The van der Waals surface area contributed by atoms with E-state index >= 15 is 0 Å². The van der Waals surface area contributed by atoms with Gasteiger partial charge in [-0.2, -0.15) is 0 Å². The Morgan fingerprint density at radius 3 is 2.80 bits per heavy atom. The monoisotopic (exact) mass is 278 g/mol. The Bertz CT molecular complexity index is 429. The Morgan fingerprint density at radius 2 is 2.20 bits per heavy atom. The van der Waals surface area contributed by atoms with Crippen LogP contribution in [0.5, 0.6) is 5.88 Å². The molecular formula is C14H22N4O2. The van der Waals surface area contributed by atoms with Gasteiger partial charge >= 0.3 is 6.03 Å². The van der Waals surface area contributed by atoms with E-state index in [-0.39, 0.29) is 6.03 Å². The van der Waals surface area contributed by atoms with Gasteiger partial charge in [-0.25, -0.2) is 9.78 Å². The first-order valence-corrected chi connectivity index (χ1v) is 6.98. The van der Waals surface area contributed by atoms with Crippen LogP contribution in [0.3, 0.4) is 0 Å². The topological polar surface area (TPSA) is 66.5 Å². The predicted octanol–water partition coefficient (Wildman–Crippen LogP) is 1.70. The maximum absolute atomic E-state index is 11.8. The number of likely N-dealkylation sites (tertiary alicyclic amines) is 1. The lowest BCUT2D eigenvalue weighted by Crippen LogP contribution is -2.42. The molecule has 6 nitrogen and oxygen atoms in total. The maximum Gasteiger partial charge on any atom is 0.319 e. The fourth-order valence-corrected chi connectivity index (χ4v) is 2.30. The molecule has 2 amide bonds. The van der Waals surface area contributed by atoms with E-state index in [0.717, 1.165) is 13.1 Å². The molecule has 0 saturated carbocycles. The van der Waals surface area contributed by atoms with Crippen LogP contribution in [0.2, 0.25) is 0 Å². The van der Waals surface area contributed by atoms with Crippen molar-refractivity contribution in [1.29, 1.82) is 0 Å². The number of hydrogen-bond acceptors (Lipinski definition) is 4. The van der Waals surface area contributed by atoms with Crippen molar-refractivity contribution in [3.63, 3.8) is 0 Å². The number of rotatable bonds is 5. The summed E-state index contributed by atoms with van der Waals surface area (Å²) in [5, 5.41) is 5.64. The number of carbonyl (C=O) groups is 1. The normalized spacial score (nSPS) is 16.7. The molecule has 1 atom stereocenters. The molecule has 110 valence electrons. The molecule has 1 aliphatic rings. The van der Waals surface area contributed by atoms with Crippen LogP contribution in [0, 0.1) is 0 Å². The molecule has 2 N–H and O–H groups in total. The van der Waals surface area contributed by atoms with Crippen LogP contribution in [0.15, 0.2) is 18.3 Å². The Morgan fingerprint density at radius 1 is 1.45 bits per heavy atom. The lowest BCUT2D eigenvalue weighted by molar-refractivity contribution is 0.234. The van der Waals surface area contributed by atoms with Gasteiger partial charge in [0.1, 0.15) is 0 Å². The van der Waals surface area contributed by atoms with Crippen molar-refractivity contribution in [2.75, 3.05) is 32.1 Å². The van der Waals surface area contributed by atoms with Crippen LogP contribution in [-0.4, -0.2) is 48.7 Å². The zero-order chi connectivity index (χ0) is 14.4. The van der Waals surface area contributed by atoms with E-state index < -0.39 is 0 Å². The van der Waals surface area contributed by atoms with Crippen molar-refractivity contribution < 1.29 is 9.53 Å². The van der Waals surface area contributed by atoms with Crippen molar-refractivity contribution in [3.8, 4) is 5.88 Å². The lowest BCUT2D eigenvalue weighted by atomic mass is 10.3. The smallest absolute Gasteiger partial charge is 0.319 e. The van der Waals surface area contributed by atoms with E-state index in [1.165, 1.54) is 12.8 Å². The predicted molar refractivity (Wildman–Crippen MR) is 78.1 cm³/mol. The zero-order valence-electron chi connectivity index (χ0n) is 12.1. The second-order valence-corrected chi connectivity index (χ2v) is 5.02. The van der Waals surface area contributed by atoms with Crippen molar-refractivity contribution >= 4 is 11.7 Å². The van der Waals surface area contributed by atoms with Gasteiger partial charge in [-0.3, -0.25) is 4.90 Å². The Labute approximate surface area is 119 Å². The number of ether oxygens (including phenoxy) is 1. The summed E-state index contributed by atoms with van der Waals surface area (Å²) in [7, 11) is 1.56. The van der Waals surface area contributed by atoms with Crippen LogP contribution in [0.4, 0.5) is 10.5 Å². The van der Waals surface area contributed by atoms with E-state index in [2.05, 4.69) is 27.4 Å². The average Bonchev–Trinajstić information content (AvgIpc) is 3.00. The van der Waals surface area contributed by atoms with Crippen LogP contribution < -0.4 is 15.4 Å². The van der Waals surface area contributed by atoms with Crippen LogP contribution >= 0.6 is 0 Å². The molecule has 0 radical (unpaired) electrons. The van der Waals surface area contributed by atoms with Gasteiger partial charge in [0.2, 0.25) is 5.88 Å². The van der Waals surface area contributed by atoms with Gasteiger partial charge in [-0.15, -0.1) is 0 Å². The maximum atomic E-state index is 11.8. The first-order valence-electron chi connectivity index (χ1n) is 6.98. The van der Waals surface area contributed by atoms with Crippen molar-refractivity contribution in [2.45, 2.75) is 25.8 Å². The molecule has 6 heteroatoms. The van der Waals surface area contributed by atoms with Gasteiger partial charge < -0.3 is 15.4 Å². The standard InChI is InChI=1S/C14H22N4O2/c1-11(18-7-3-4-8-18)9-16-14(19)17-12-5-6-13(20-2)15-10-12/h5-6,10-11H,3-4,7-9H2,1-2H3,(H2,16,17,19). The number of aromatic nitrogens is 1. The molecule has 0 aromatic carbocycles. The molecule has 0 bridgehead atoms. The lowest BCUT2D eigenvalue weighted by Gasteiger charge is -2.23. The molecule has 1 fully saturated rings. The summed E-state index contributed by atoms with van der Waals surface area (Å²) in [6.45, 7) is 5.05. The molecule has 0 spiro atoms. The highest BCUT2D eigenvalue weighted by atomic mass is 16.5. The van der Waals surface area contributed by atoms with E-state index in [4.69, 9.17) is 4.74 Å². The van der Waals surface area contributed by atoms with Crippen molar-refractivity contribution in [1.82, 2.24) is 15.2 Å². The molecule has 1 aromatic heterocycles. The fraction of sp³-hybridized carbons (Fsp3) is 0.571. The Balaban J connectivity index is 1.74. The molecule has 1 aromatic rings. The van der Waals surface area contributed by atoms with E-state index in [1.54, 1.807) is 25.4 Å². The van der Waals surface area contributed by atoms with Gasteiger partial charge in [-0.05, 0) is 38.9 Å². The van der Waals surface area contributed by atoms with Gasteiger partial charge in [0.05, 0.1) is 19.0 Å². The molecule has 1 unspecified atom stereocenters. The molecule has 2 heterocycles. The van der Waals surface area contributed by atoms with E-state index in [1.807, 2.05) is 0 Å². The van der Waals surface area contributed by atoms with Gasteiger partial charge in [0.15, 0.2) is 0 Å². The van der Waals surface area contributed by atoms with Crippen LogP contribution in [-0.2, 0) is 0 Å². The minimum absolute atomic E-state index is 0.206. The highest BCUT2D eigenvalue weighted by molar-refractivity contribution is 5.89. The number of methoxy groups -OCH3 is 1. The third kappa shape index (κ3) is 4.09. The molecule has 0 aliphatic carbocycles. The number of pyridine rings is 1. The number of urea groups is 1. The van der Waals surface area contributed by atoms with Crippen LogP contribution in [0.25, 0.3) is 0 Å². The first kappa shape index (κ1) is 14.6. The number of anilines is 1. The Hall–Kier alpha value is -1.82. The molecule has 1 saturated heterocycles. The van der Waals surface area contributed by atoms with Crippen molar-refractivity contribution in [3.05, 3.63) is 18.3 Å². The highest BCUT2D eigenvalue weighted by Crippen LogP contribution is 2.12. The molecule has 20 heavy (non-hydrogen) atoms. The summed E-state index contributed by atoms with van der Waals surface area (Å²) in [5.74, 6) is 0.526. The fourth-order valence-electron chi connectivity index (χ4n) is 2.30. The summed E-state index contributed by atoms with van der Waals surface area (Å²) in [5.41, 5.74) is 0.650. The quantitative estimate of drug-likeness (QED) is 0.860. The van der Waals surface area contributed by atoms with E-state index in [9.17, 15) is 4.79 Å². The van der Waals surface area contributed by atoms with Gasteiger partial charge in [-0.1, -0.05) is 0 Å². The van der Waals surface area contributed by atoms with Gasteiger partial charge in [0, 0.05) is 18.7 Å². The highest BCUT2D eigenvalue weighted by Gasteiger charge is 2.18. The second-order valence-electron chi connectivity index (χ2n) is 5.02. The number of carbonyl (C=O) groups excluding carboxylic acids is 1. The first-order chi connectivity index (χ1) is 9.69. The SMILES string of the molecule is COc1ccc(NC(=O)NCC(C)N2CCCC2)cn1. The second kappa shape index (κ2) is 7.09. The minimum Gasteiger partial charge on any atom is -0.481 e. The third-order valence-corrected chi connectivity index (χ3v) is 3.53. The summed E-state index contributed by atoms with van der Waals surface area (Å²) in [4.78, 5) is 18.2. The number of nitrogens with zero attached hydrogens (tertiary/aromatic N) is 2. The summed E-state index contributed by atoms with van der Waals surface area (Å²) in [6, 6.07) is 3.64. The van der Waals surface area contributed by atoms with Crippen molar-refractivity contribution in [2.24, 2.45) is 0 Å². The molecule has 1 aliphatic heterocycles. The van der Waals surface area contributed by atoms with Crippen LogP contribution in [0.1, 0.15) is 19.8 Å². The third-order valence-electron chi connectivity index (χ3n) is 3.53. The molecular weight excluding hydrogens is 256 g/mol. The number of nitrogens with one attached hydrogen (secondary N) is 2. The summed E-state index contributed by atoms with van der Waals surface area (Å²) in [6.07, 6.45) is 4.09. The Kier molecular flexibility index (Phi) is 5.17. The summed E-state index contributed by atoms with van der Waals surface area (Å²) < 4.78 is 4.97. The zero-order valence-corrected chi connectivity index (χ0v) is 12.1. The minimum atomic E-state index is -0.206. The van der Waals surface area contributed by atoms with E-state index in [0.29, 0.717) is 24.2 Å².